The molecule has 0 saturated carbocycles. The average molecular weight is 330 g/mol. The lowest BCUT2D eigenvalue weighted by Gasteiger charge is -2.36. The van der Waals surface area contributed by atoms with E-state index in [2.05, 4.69) is 5.32 Å². The zero-order valence-corrected chi connectivity index (χ0v) is 13.5. The molecule has 2 saturated heterocycles. The number of nitrogens with one attached hydrogen (secondary N) is 1. The number of ether oxygens (including phenoxy) is 1. The fourth-order valence-corrected chi connectivity index (χ4v) is 4.36. The van der Waals surface area contributed by atoms with Gasteiger partial charge in [0.1, 0.15) is 0 Å². The Morgan fingerprint density at radius 3 is 3.09 bits per heavy atom. The van der Waals surface area contributed by atoms with E-state index in [0.29, 0.717) is 32.7 Å². The number of amides is 2. The number of nitrogens with zero attached hydrogens (tertiary/aromatic N) is 1. The minimum atomic E-state index is -0.190. The summed E-state index contributed by atoms with van der Waals surface area (Å²) in [4.78, 5) is 27.4. The lowest BCUT2D eigenvalue weighted by molar-refractivity contribution is -0.129. The van der Waals surface area contributed by atoms with Gasteiger partial charge in [0.2, 0.25) is 5.91 Å². The van der Waals surface area contributed by atoms with Crippen LogP contribution in [-0.4, -0.2) is 49.1 Å². The number of hydrogen-bond acceptors (Lipinski definition) is 4. The van der Waals surface area contributed by atoms with Gasteiger partial charge in [-0.15, -0.1) is 11.3 Å². The third-order valence-electron chi connectivity index (χ3n) is 4.55. The highest BCUT2D eigenvalue weighted by Crippen LogP contribution is 2.29. The van der Waals surface area contributed by atoms with Gasteiger partial charge in [0.25, 0.3) is 5.91 Å². The van der Waals surface area contributed by atoms with E-state index in [1.165, 1.54) is 11.3 Å². The summed E-state index contributed by atoms with van der Waals surface area (Å²) in [6.07, 6.45) is 0.470. The molecule has 2 aromatic rings. The van der Waals surface area contributed by atoms with Crippen LogP contribution in [0.5, 0.6) is 0 Å². The molecule has 2 amide bonds. The highest BCUT2D eigenvalue weighted by atomic mass is 32.1. The van der Waals surface area contributed by atoms with E-state index in [0.717, 1.165) is 15.0 Å². The normalized spacial score (nSPS) is 24.9. The quantitative estimate of drug-likeness (QED) is 0.868. The van der Waals surface area contributed by atoms with E-state index in [9.17, 15) is 9.59 Å². The molecule has 6 heteroatoms. The van der Waals surface area contributed by atoms with Crippen molar-refractivity contribution >= 4 is 33.2 Å². The van der Waals surface area contributed by atoms with Crippen LogP contribution in [0.15, 0.2) is 30.3 Å². The van der Waals surface area contributed by atoms with Crippen LogP contribution in [0.3, 0.4) is 0 Å². The van der Waals surface area contributed by atoms with Crippen molar-refractivity contribution in [2.45, 2.75) is 12.5 Å². The van der Waals surface area contributed by atoms with E-state index >= 15 is 0 Å². The Hall–Kier alpha value is -1.92. The monoisotopic (exact) mass is 330 g/mol. The molecule has 0 unspecified atom stereocenters. The maximum absolute atomic E-state index is 12.8. The predicted octanol–water partition coefficient (Wildman–Crippen LogP) is 1.88. The zero-order valence-electron chi connectivity index (χ0n) is 12.7. The van der Waals surface area contributed by atoms with Crippen molar-refractivity contribution in [3.05, 3.63) is 35.2 Å². The summed E-state index contributed by atoms with van der Waals surface area (Å²) in [5.41, 5.74) is 0. The Kier molecular flexibility index (Phi) is 3.79. The van der Waals surface area contributed by atoms with Gasteiger partial charge < -0.3 is 15.0 Å². The highest BCUT2D eigenvalue weighted by molar-refractivity contribution is 7.20. The molecule has 0 radical (unpaired) electrons. The molecule has 1 N–H and O–H groups in total. The summed E-state index contributed by atoms with van der Waals surface area (Å²) in [5, 5.41) is 3.97. The Morgan fingerprint density at radius 2 is 2.22 bits per heavy atom. The number of hydrogen-bond donors (Lipinski definition) is 1. The van der Waals surface area contributed by atoms with Crippen LogP contribution in [0.1, 0.15) is 16.1 Å². The van der Waals surface area contributed by atoms with Crippen LogP contribution in [0.2, 0.25) is 0 Å². The Labute approximate surface area is 138 Å². The highest BCUT2D eigenvalue weighted by Gasteiger charge is 2.38. The van der Waals surface area contributed by atoms with Crippen molar-refractivity contribution in [3.8, 4) is 0 Å². The van der Waals surface area contributed by atoms with Crippen molar-refractivity contribution in [1.82, 2.24) is 10.2 Å². The molecule has 2 aliphatic heterocycles. The number of benzene rings is 1. The summed E-state index contributed by atoms with van der Waals surface area (Å²) >= 11 is 1.52. The second-order valence-electron chi connectivity index (χ2n) is 6.00. The van der Waals surface area contributed by atoms with Crippen LogP contribution in [-0.2, 0) is 9.53 Å². The third kappa shape index (κ3) is 2.72. The Morgan fingerprint density at radius 1 is 1.35 bits per heavy atom. The van der Waals surface area contributed by atoms with Crippen LogP contribution < -0.4 is 5.32 Å². The molecule has 2 fully saturated rings. The maximum atomic E-state index is 12.8. The van der Waals surface area contributed by atoms with Crippen LogP contribution in [0, 0.1) is 5.92 Å². The molecular weight excluding hydrogens is 312 g/mol. The standard InChI is InChI=1S/C17H18N2O3S/c20-16-12-5-7-19(10-13(12)22-8-6-18-16)17(21)15-9-11-3-1-2-4-14(11)23-15/h1-4,9,12-13H,5-8,10H2,(H,18,20)/t12-,13+/m1/s1. The first kappa shape index (κ1) is 14.7. The van der Waals surface area contributed by atoms with Gasteiger partial charge in [0, 0.05) is 24.3 Å². The van der Waals surface area contributed by atoms with Gasteiger partial charge in [-0.25, -0.2) is 0 Å². The number of carbonyl (C=O) groups excluding carboxylic acids is 2. The molecule has 3 heterocycles. The van der Waals surface area contributed by atoms with E-state index in [4.69, 9.17) is 4.74 Å². The van der Waals surface area contributed by atoms with E-state index in [-0.39, 0.29) is 23.8 Å². The van der Waals surface area contributed by atoms with E-state index < -0.39 is 0 Å². The number of rotatable bonds is 1. The molecule has 2 aliphatic rings. The number of thiophene rings is 1. The fourth-order valence-electron chi connectivity index (χ4n) is 3.33. The fraction of sp³-hybridized carbons (Fsp3) is 0.412. The number of carbonyl (C=O) groups is 2. The first-order chi connectivity index (χ1) is 11.2. The third-order valence-corrected chi connectivity index (χ3v) is 5.66. The van der Waals surface area contributed by atoms with Gasteiger partial charge in [-0.1, -0.05) is 18.2 Å². The Bertz CT molecular complexity index is 724. The first-order valence-electron chi connectivity index (χ1n) is 7.89. The number of likely N-dealkylation sites (tertiary alicyclic amines) is 1. The van der Waals surface area contributed by atoms with Crippen molar-refractivity contribution in [3.63, 3.8) is 0 Å². The second-order valence-corrected chi connectivity index (χ2v) is 7.08. The summed E-state index contributed by atoms with van der Waals surface area (Å²) in [7, 11) is 0. The van der Waals surface area contributed by atoms with Crippen molar-refractivity contribution in [2.75, 3.05) is 26.2 Å². The minimum absolute atomic E-state index is 0.0397. The molecule has 0 aliphatic carbocycles. The van der Waals surface area contributed by atoms with Gasteiger partial charge >= 0.3 is 0 Å². The van der Waals surface area contributed by atoms with Crippen molar-refractivity contribution in [2.24, 2.45) is 5.92 Å². The Balaban J connectivity index is 1.54. The van der Waals surface area contributed by atoms with Crippen molar-refractivity contribution in [1.29, 1.82) is 0 Å². The van der Waals surface area contributed by atoms with Crippen LogP contribution >= 0.6 is 11.3 Å². The first-order valence-corrected chi connectivity index (χ1v) is 8.71. The lowest BCUT2D eigenvalue weighted by Crippen LogP contribution is -2.50. The molecule has 5 nitrogen and oxygen atoms in total. The molecular formula is C17H18N2O3S. The number of fused-ring (bicyclic) bond motifs is 2. The lowest BCUT2D eigenvalue weighted by atomic mass is 9.93. The minimum Gasteiger partial charge on any atom is -0.374 e. The molecule has 2 atom stereocenters. The van der Waals surface area contributed by atoms with Gasteiger partial charge in [-0.2, -0.15) is 0 Å². The van der Waals surface area contributed by atoms with Gasteiger partial charge in [0.05, 0.1) is 23.5 Å². The topological polar surface area (TPSA) is 58.6 Å². The maximum Gasteiger partial charge on any atom is 0.264 e. The summed E-state index contributed by atoms with van der Waals surface area (Å²) in [5.74, 6) is -0.0386. The zero-order chi connectivity index (χ0) is 15.8. The number of piperidine rings is 1. The molecule has 1 aromatic carbocycles. The van der Waals surface area contributed by atoms with Crippen molar-refractivity contribution < 1.29 is 14.3 Å². The molecule has 0 spiro atoms. The molecule has 4 rings (SSSR count). The smallest absolute Gasteiger partial charge is 0.264 e. The summed E-state index contributed by atoms with van der Waals surface area (Å²) in [6, 6.07) is 9.97. The van der Waals surface area contributed by atoms with Gasteiger partial charge in [-0.05, 0) is 23.9 Å². The molecule has 120 valence electrons. The predicted molar refractivity (Wildman–Crippen MR) is 88.6 cm³/mol. The van der Waals surface area contributed by atoms with Gasteiger partial charge in [-0.3, -0.25) is 9.59 Å². The molecule has 0 bridgehead atoms. The average Bonchev–Trinajstić information content (AvgIpc) is 2.93. The largest absolute Gasteiger partial charge is 0.374 e. The SMILES string of the molecule is O=C1NCCO[C@H]2CN(C(=O)c3cc4ccccc4s3)CC[C@@H]12. The van der Waals surface area contributed by atoms with Crippen LogP contribution in [0.25, 0.3) is 10.1 Å². The second kappa shape index (κ2) is 5.94. The summed E-state index contributed by atoms with van der Waals surface area (Å²) < 4.78 is 6.90. The molecule has 1 aromatic heterocycles. The van der Waals surface area contributed by atoms with Gasteiger partial charge in [0.15, 0.2) is 0 Å². The summed E-state index contributed by atoms with van der Waals surface area (Å²) in [6.45, 7) is 2.16. The van der Waals surface area contributed by atoms with E-state index in [1.807, 2.05) is 35.2 Å². The van der Waals surface area contributed by atoms with E-state index in [1.54, 1.807) is 0 Å². The molecule has 23 heavy (non-hydrogen) atoms. The van der Waals surface area contributed by atoms with Crippen LogP contribution in [0.4, 0.5) is 0 Å².